The number of aromatic nitrogens is 2. The molecule has 0 bridgehead atoms. The summed E-state index contributed by atoms with van der Waals surface area (Å²) in [6.45, 7) is 3.76. The highest BCUT2D eigenvalue weighted by Gasteiger charge is 2.17. The second kappa shape index (κ2) is 7.40. The maximum absolute atomic E-state index is 6.20. The lowest BCUT2D eigenvalue weighted by Gasteiger charge is -2.33. The van der Waals surface area contributed by atoms with Crippen LogP contribution < -0.4 is 16.5 Å². The molecule has 9 heteroatoms. The van der Waals surface area contributed by atoms with Crippen LogP contribution >= 0.6 is 23.2 Å². The van der Waals surface area contributed by atoms with Crippen LogP contribution in [0.2, 0.25) is 10.0 Å². The molecule has 0 spiro atoms. The Labute approximate surface area is 150 Å². The topological polar surface area (TPSA) is 82.3 Å². The number of likely N-dealkylation sites (N-methyl/N-ethyl adjacent to an activating group) is 1. The summed E-state index contributed by atoms with van der Waals surface area (Å²) >= 11 is 12.2. The van der Waals surface area contributed by atoms with Gasteiger partial charge in [-0.1, -0.05) is 29.3 Å². The van der Waals surface area contributed by atoms with Crippen molar-refractivity contribution in [2.75, 3.05) is 49.7 Å². The Balaban J connectivity index is 1.77. The number of nitrogens with two attached hydrogens (primary N) is 1. The number of nitrogen functional groups attached to an aromatic ring is 1. The SMILES string of the molecule is CN1CCN(Nc2ncnc(Nc3cccc(Cl)c3Cl)c2N)CC1. The zero-order chi connectivity index (χ0) is 17.1. The molecule has 0 saturated carbocycles. The van der Waals surface area contributed by atoms with E-state index < -0.39 is 0 Å². The Bertz CT molecular complexity index is 717. The smallest absolute Gasteiger partial charge is 0.169 e. The molecule has 0 unspecified atom stereocenters. The van der Waals surface area contributed by atoms with Crippen LogP contribution in [-0.2, 0) is 0 Å². The summed E-state index contributed by atoms with van der Waals surface area (Å²) in [5.41, 5.74) is 10.5. The highest BCUT2D eigenvalue weighted by molar-refractivity contribution is 6.43. The number of hydrogen-bond acceptors (Lipinski definition) is 7. The van der Waals surface area contributed by atoms with Gasteiger partial charge in [0, 0.05) is 26.2 Å². The first-order valence-electron chi connectivity index (χ1n) is 7.56. The summed E-state index contributed by atoms with van der Waals surface area (Å²) in [6.07, 6.45) is 1.45. The first kappa shape index (κ1) is 17.0. The number of rotatable bonds is 4. The fourth-order valence-electron chi connectivity index (χ4n) is 2.38. The van der Waals surface area contributed by atoms with E-state index in [1.165, 1.54) is 6.33 Å². The molecule has 24 heavy (non-hydrogen) atoms. The Kier molecular flexibility index (Phi) is 5.25. The molecule has 1 aliphatic rings. The van der Waals surface area contributed by atoms with Crippen LogP contribution in [0.5, 0.6) is 0 Å². The number of nitrogens with zero attached hydrogens (tertiary/aromatic N) is 4. The predicted molar refractivity (Wildman–Crippen MR) is 98.9 cm³/mol. The Morgan fingerprint density at radius 2 is 1.79 bits per heavy atom. The van der Waals surface area contributed by atoms with Gasteiger partial charge in [0.1, 0.15) is 12.0 Å². The van der Waals surface area contributed by atoms with Gasteiger partial charge < -0.3 is 21.4 Å². The largest absolute Gasteiger partial charge is 0.393 e. The molecule has 1 aromatic carbocycles. The van der Waals surface area contributed by atoms with E-state index in [-0.39, 0.29) is 0 Å². The van der Waals surface area contributed by atoms with Crippen molar-refractivity contribution in [2.24, 2.45) is 0 Å². The van der Waals surface area contributed by atoms with Crippen LogP contribution in [0.3, 0.4) is 0 Å². The first-order valence-corrected chi connectivity index (χ1v) is 8.32. The standard InChI is InChI=1S/C15H19Cl2N7/c1-23-5-7-24(8-6-23)22-15-13(18)14(19-9-20-15)21-11-4-2-3-10(16)12(11)17/h2-4,9H,5-8,18H2,1H3,(H2,19,20,21,22). The van der Waals surface area contributed by atoms with Gasteiger partial charge in [-0.15, -0.1) is 0 Å². The molecule has 2 aromatic rings. The maximum Gasteiger partial charge on any atom is 0.169 e. The molecule has 4 N–H and O–H groups in total. The van der Waals surface area contributed by atoms with Crippen LogP contribution in [0.1, 0.15) is 0 Å². The van der Waals surface area contributed by atoms with Crippen molar-refractivity contribution < 1.29 is 0 Å². The van der Waals surface area contributed by atoms with E-state index in [4.69, 9.17) is 28.9 Å². The third-order valence-corrected chi connectivity index (χ3v) is 4.67. The van der Waals surface area contributed by atoms with Gasteiger partial charge in [0.15, 0.2) is 11.6 Å². The fourth-order valence-corrected chi connectivity index (χ4v) is 2.73. The lowest BCUT2D eigenvalue weighted by molar-refractivity contribution is 0.178. The van der Waals surface area contributed by atoms with Crippen LogP contribution in [0.15, 0.2) is 24.5 Å². The minimum Gasteiger partial charge on any atom is -0.393 e. The van der Waals surface area contributed by atoms with Gasteiger partial charge in [-0.25, -0.2) is 15.0 Å². The van der Waals surface area contributed by atoms with E-state index in [0.717, 1.165) is 26.2 Å². The quantitative estimate of drug-likeness (QED) is 0.765. The minimum absolute atomic E-state index is 0.422. The number of anilines is 4. The zero-order valence-corrected chi connectivity index (χ0v) is 14.8. The molecule has 0 atom stereocenters. The molecule has 1 saturated heterocycles. The number of halogens is 2. The van der Waals surface area contributed by atoms with Gasteiger partial charge in [-0.05, 0) is 19.2 Å². The van der Waals surface area contributed by atoms with Gasteiger partial charge in [0.25, 0.3) is 0 Å². The monoisotopic (exact) mass is 367 g/mol. The molecule has 2 heterocycles. The van der Waals surface area contributed by atoms with Gasteiger partial charge in [0.2, 0.25) is 0 Å². The summed E-state index contributed by atoms with van der Waals surface area (Å²) in [4.78, 5) is 10.7. The lowest BCUT2D eigenvalue weighted by Crippen LogP contribution is -2.47. The molecule has 3 rings (SSSR count). The molecule has 1 aliphatic heterocycles. The molecule has 128 valence electrons. The van der Waals surface area contributed by atoms with Crippen molar-refractivity contribution in [3.05, 3.63) is 34.6 Å². The average Bonchev–Trinajstić information content (AvgIpc) is 2.57. The molecule has 7 nitrogen and oxygen atoms in total. The lowest BCUT2D eigenvalue weighted by atomic mass is 10.3. The minimum atomic E-state index is 0.422. The van der Waals surface area contributed by atoms with E-state index in [1.54, 1.807) is 12.1 Å². The average molecular weight is 368 g/mol. The summed E-state index contributed by atoms with van der Waals surface area (Å²) < 4.78 is 0. The predicted octanol–water partition coefficient (Wildman–Crippen LogP) is 2.68. The van der Waals surface area contributed by atoms with Crippen molar-refractivity contribution >= 4 is 46.2 Å². The number of nitrogens with one attached hydrogen (secondary N) is 2. The van der Waals surface area contributed by atoms with Crippen molar-refractivity contribution in [3.63, 3.8) is 0 Å². The second-order valence-electron chi connectivity index (χ2n) is 5.61. The van der Waals surface area contributed by atoms with Crippen molar-refractivity contribution in [1.29, 1.82) is 0 Å². The zero-order valence-electron chi connectivity index (χ0n) is 13.3. The molecule has 0 amide bonds. The molecule has 0 aliphatic carbocycles. The van der Waals surface area contributed by atoms with Gasteiger partial charge in [-0.3, -0.25) is 0 Å². The summed E-state index contributed by atoms with van der Waals surface area (Å²) in [7, 11) is 2.10. The molecule has 1 fully saturated rings. The Hall–Kier alpha value is -1.80. The number of hydrogen-bond donors (Lipinski definition) is 3. The maximum atomic E-state index is 6.20. The molecular weight excluding hydrogens is 349 g/mol. The van der Waals surface area contributed by atoms with Crippen LogP contribution in [0.4, 0.5) is 23.0 Å². The fraction of sp³-hybridized carbons (Fsp3) is 0.333. The normalized spacial score (nSPS) is 16.1. The highest BCUT2D eigenvalue weighted by atomic mass is 35.5. The van der Waals surface area contributed by atoms with Gasteiger partial charge in [0.05, 0.1) is 15.7 Å². The molecule has 0 radical (unpaired) electrons. The van der Waals surface area contributed by atoms with E-state index >= 15 is 0 Å². The van der Waals surface area contributed by atoms with Crippen LogP contribution in [0.25, 0.3) is 0 Å². The van der Waals surface area contributed by atoms with Gasteiger partial charge >= 0.3 is 0 Å². The van der Waals surface area contributed by atoms with E-state index in [2.05, 4.69) is 37.7 Å². The number of hydrazine groups is 1. The third kappa shape index (κ3) is 3.81. The van der Waals surface area contributed by atoms with Crippen molar-refractivity contribution in [2.45, 2.75) is 0 Å². The first-order chi connectivity index (χ1) is 11.5. The number of benzene rings is 1. The Morgan fingerprint density at radius 1 is 1.08 bits per heavy atom. The summed E-state index contributed by atoms with van der Waals surface area (Å²) in [6, 6.07) is 5.33. The summed E-state index contributed by atoms with van der Waals surface area (Å²) in [5, 5.41) is 6.08. The van der Waals surface area contributed by atoms with Crippen molar-refractivity contribution in [3.8, 4) is 0 Å². The van der Waals surface area contributed by atoms with Crippen LogP contribution in [0, 0.1) is 0 Å². The van der Waals surface area contributed by atoms with E-state index in [9.17, 15) is 0 Å². The van der Waals surface area contributed by atoms with Gasteiger partial charge in [-0.2, -0.15) is 0 Å². The molecular formula is C15H19Cl2N7. The van der Waals surface area contributed by atoms with E-state index in [0.29, 0.717) is 33.1 Å². The Morgan fingerprint density at radius 3 is 2.54 bits per heavy atom. The number of piperazine rings is 1. The molecule has 1 aromatic heterocycles. The van der Waals surface area contributed by atoms with Crippen molar-refractivity contribution in [1.82, 2.24) is 19.9 Å². The third-order valence-electron chi connectivity index (χ3n) is 3.86. The van der Waals surface area contributed by atoms with E-state index in [1.807, 2.05) is 6.07 Å². The second-order valence-corrected chi connectivity index (χ2v) is 6.40. The highest BCUT2D eigenvalue weighted by Crippen LogP contribution is 2.33. The summed E-state index contributed by atoms with van der Waals surface area (Å²) in [5.74, 6) is 1.04. The van der Waals surface area contributed by atoms with Crippen LogP contribution in [-0.4, -0.2) is 53.1 Å².